The Balaban J connectivity index is 1.66. The minimum absolute atomic E-state index is 0.0575. The van der Waals surface area contributed by atoms with Crippen molar-refractivity contribution >= 4 is 11.6 Å². The molecule has 140 valence electrons. The Morgan fingerprint density at radius 2 is 1.78 bits per heavy atom. The van der Waals surface area contributed by atoms with Crippen molar-refractivity contribution in [3.05, 3.63) is 77.9 Å². The molecule has 0 spiro atoms. The summed E-state index contributed by atoms with van der Waals surface area (Å²) in [6.07, 6.45) is -3.15. The molecule has 0 aliphatic heterocycles. The first-order valence-corrected chi connectivity index (χ1v) is 7.72. The smallest absolute Gasteiger partial charge is 0.418 e. The topological polar surface area (TPSA) is 56.2 Å². The van der Waals surface area contributed by atoms with E-state index >= 15 is 0 Å². The Hall–Kier alpha value is -3.36. The molecule has 0 fully saturated rings. The summed E-state index contributed by atoms with van der Waals surface area (Å²) < 4.78 is 58.4. The average Bonchev–Trinajstić information content (AvgIpc) is 3.10. The average molecular weight is 379 g/mol. The lowest BCUT2D eigenvalue weighted by molar-refractivity contribution is -0.136. The fourth-order valence-corrected chi connectivity index (χ4v) is 2.25. The van der Waals surface area contributed by atoms with Crippen LogP contribution in [0.3, 0.4) is 0 Å². The molecule has 0 radical (unpaired) electrons. The minimum atomic E-state index is -4.59. The second-order valence-electron chi connectivity index (χ2n) is 5.47. The van der Waals surface area contributed by atoms with E-state index in [1.54, 1.807) is 0 Å². The zero-order valence-corrected chi connectivity index (χ0v) is 13.7. The lowest BCUT2D eigenvalue weighted by atomic mass is 10.1. The molecule has 0 aliphatic carbocycles. The predicted octanol–water partition coefficient (Wildman–Crippen LogP) is 4.33. The van der Waals surface area contributed by atoms with E-state index in [1.165, 1.54) is 53.3 Å². The van der Waals surface area contributed by atoms with Gasteiger partial charge in [0.2, 0.25) is 0 Å². The van der Waals surface area contributed by atoms with Crippen LogP contribution in [0.15, 0.2) is 60.8 Å². The number of carbonyl (C=O) groups is 1. The SMILES string of the molecule is O=C(Nc1ccccc1C(F)(F)F)c1ccn(COc2ccc(F)cc2)n1. The summed E-state index contributed by atoms with van der Waals surface area (Å²) in [4.78, 5) is 12.2. The fourth-order valence-electron chi connectivity index (χ4n) is 2.25. The van der Waals surface area contributed by atoms with Crippen molar-refractivity contribution in [3.63, 3.8) is 0 Å². The summed E-state index contributed by atoms with van der Waals surface area (Å²) in [5.41, 5.74) is -1.38. The van der Waals surface area contributed by atoms with Crippen molar-refractivity contribution in [2.24, 2.45) is 0 Å². The molecule has 1 heterocycles. The van der Waals surface area contributed by atoms with E-state index in [0.717, 1.165) is 12.1 Å². The van der Waals surface area contributed by atoms with Gasteiger partial charge >= 0.3 is 6.18 Å². The predicted molar refractivity (Wildman–Crippen MR) is 88.7 cm³/mol. The summed E-state index contributed by atoms with van der Waals surface area (Å²) in [5, 5.41) is 6.16. The maximum Gasteiger partial charge on any atom is 0.418 e. The zero-order chi connectivity index (χ0) is 19.4. The number of anilines is 1. The van der Waals surface area contributed by atoms with Gasteiger partial charge in [-0.3, -0.25) is 4.79 Å². The lowest BCUT2D eigenvalue weighted by Crippen LogP contribution is -2.17. The van der Waals surface area contributed by atoms with Crippen LogP contribution in [0.5, 0.6) is 5.75 Å². The van der Waals surface area contributed by atoms with Gasteiger partial charge in [-0.25, -0.2) is 9.07 Å². The molecule has 0 unspecified atom stereocenters. The molecular formula is C18H13F4N3O2. The van der Waals surface area contributed by atoms with Crippen LogP contribution in [0, 0.1) is 5.82 Å². The summed E-state index contributed by atoms with van der Waals surface area (Å²) in [5.74, 6) is -0.788. The number of hydrogen-bond donors (Lipinski definition) is 1. The molecular weight excluding hydrogens is 366 g/mol. The standard InChI is InChI=1S/C18H13F4N3O2/c19-12-5-7-13(8-6-12)27-11-25-10-9-16(24-25)17(26)23-15-4-2-1-3-14(15)18(20,21)22/h1-10H,11H2,(H,23,26). The van der Waals surface area contributed by atoms with Crippen LogP contribution in [0.25, 0.3) is 0 Å². The van der Waals surface area contributed by atoms with Crippen LogP contribution in [-0.4, -0.2) is 15.7 Å². The van der Waals surface area contributed by atoms with Gasteiger partial charge in [0.1, 0.15) is 11.6 Å². The highest BCUT2D eigenvalue weighted by Crippen LogP contribution is 2.34. The number of halogens is 4. The van der Waals surface area contributed by atoms with Gasteiger partial charge in [-0.1, -0.05) is 12.1 Å². The molecule has 1 aromatic heterocycles. The monoisotopic (exact) mass is 379 g/mol. The van der Waals surface area contributed by atoms with Crippen molar-refractivity contribution < 1.29 is 27.1 Å². The maximum atomic E-state index is 13.0. The molecule has 0 aliphatic rings. The largest absolute Gasteiger partial charge is 0.471 e. The molecule has 0 saturated carbocycles. The number of aromatic nitrogens is 2. The van der Waals surface area contributed by atoms with Crippen LogP contribution in [0.4, 0.5) is 23.2 Å². The number of alkyl halides is 3. The van der Waals surface area contributed by atoms with E-state index in [0.29, 0.717) is 5.75 Å². The van der Waals surface area contributed by atoms with E-state index in [-0.39, 0.29) is 18.1 Å². The normalized spacial score (nSPS) is 11.3. The van der Waals surface area contributed by atoms with Crippen LogP contribution in [-0.2, 0) is 12.9 Å². The third kappa shape index (κ3) is 4.63. The molecule has 1 N–H and O–H groups in total. The molecule has 3 aromatic rings. The van der Waals surface area contributed by atoms with E-state index in [1.807, 2.05) is 0 Å². The molecule has 27 heavy (non-hydrogen) atoms. The van der Waals surface area contributed by atoms with Gasteiger partial charge in [-0.05, 0) is 42.5 Å². The van der Waals surface area contributed by atoms with Crippen LogP contribution < -0.4 is 10.1 Å². The summed E-state index contributed by atoms with van der Waals surface area (Å²) in [7, 11) is 0. The third-order valence-electron chi connectivity index (χ3n) is 3.53. The van der Waals surface area contributed by atoms with Crippen LogP contribution in [0.1, 0.15) is 16.1 Å². The minimum Gasteiger partial charge on any atom is -0.471 e. The Morgan fingerprint density at radius 3 is 2.48 bits per heavy atom. The molecule has 1 amide bonds. The molecule has 9 heteroatoms. The maximum absolute atomic E-state index is 13.0. The van der Waals surface area contributed by atoms with E-state index in [2.05, 4.69) is 10.4 Å². The molecule has 0 bridgehead atoms. The number of carbonyl (C=O) groups excluding carboxylic acids is 1. The van der Waals surface area contributed by atoms with Gasteiger partial charge in [0.05, 0.1) is 11.3 Å². The number of para-hydroxylation sites is 1. The van der Waals surface area contributed by atoms with Crippen molar-refractivity contribution in [2.45, 2.75) is 12.9 Å². The zero-order valence-electron chi connectivity index (χ0n) is 13.7. The second-order valence-corrected chi connectivity index (χ2v) is 5.47. The number of nitrogens with one attached hydrogen (secondary N) is 1. The first-order valence-electron chi connectivity index (χ1n) is 7.72. The van der Waals surface area contributed by atoms with Crippen LogP contribution >= 0.6 is 0 Å². The highest BCUT2D eigenvalue weighted by Gasteiger charge is 2.33. The Kier molecular flexibility index (Phi) is 5.11. The fraction of sp³-hybridized carbons (Fsp3) is 0.111. The van der Waals surface area contributed by atoms with Crippen molar-refractivity contribution in [3.8, 4) is 5.75 Å². The number of hydrogen-bond acceptors (Lipinski definition) is 3. The first-order chi connectivity index (χ1) is 12.8. The van der Waals surface area contributed by atoms with Gasteiger partial charge in [-0.15, -0.1) is 0 Å². The van der Waals surface area contributed by atoms with Crippen molar-refractivity contribution in [1.82, 2.24) is 9.78 Å². The third-order valence-corrected chi connectivity index (χ3v) is 3.53. The highest BCUT2D eigenvalue weighted by molar-refractivity contribution is 6.03. The quantitative estimate of drug-likeness (QED) is 0.672. The Morgan fingerprint density at radius 1 is 1.07 bits per heavy atom. The van der Waals surface area contributed by atoms with Gasteiger partial charge in [0.15, 0.2) is 12.4 Å². The lowest BCUT2D eigenvalue weighted by Gasteiger charge is -2.12. The van der Waals surface area contributed by atoms with Gasteiger partial charge < -0.3 is 10.1 Å². The summed E-state index contributed by atoms with van der Waals surface area (Å²) in [6, 6.07) is 11.3. The number of amides is 1. The van der Waals surface area contributed by atoms with Gasteiger partial charge in [0, 0.05) is 6.20 Å². The number of rotatable bonds is 5. The van der Waals surface area contributed by atoms with Gasteiger partial charge in [0.25, 0.3) is 5.91 Å². The molecule has 0 saturated heterocycles. The Bertz CT molecular complexity index is 936. The number of benzene rings is 2. The van der Waals surface area contributed by atoms with Crippen molar-refractivity contribution in [1.29, 1.82) is 0 Å². The Labute approximate surface area is 151 Å². The van der Waals surface area contributed by atoms with E-state index in [9.17, 15) is 22.4 Å². The highest BCUT2D eigenvalue weighted by atomic mass is 19.4. The van der Waals surface area contributed by atoms with Crippen LogP contribution in [0.2, 0.25) is 0 Å². The molecule has 2 aromatic carbocycles. The van der Waals surface area contributed by atoms with E-state index in [4.69, 9.17) is 4.74 Å². The molecule has 0 atom stereocenters. The number of nitrogens with zero attached hydrogens (tertiary/aromatic N) is 2. The summed E-state index contributed by atoms with van der Waals surface area (Å²) >= 11 is 0. The van der Waals surface area contributed by atoms with Crippen molar-refractivity contribution in [2.75, 3.05) is 5.32 Å². The number of ether oxygens (including phenoxy) is 1. The van der Waals surface area contributed by atoms with E-state index < -0.39 is 23.5 Å². The second kappa shape index (κ2) is 7.48. The molecule has 5 nitrogen and oxygen atoms in total. The first kappa shape index (κ1) is 18.4. The van der Waals surface area contributed by atoms with Gasteiger partial charge in [-0.2, -0.15) is 18.3 Å². The summed E-state index contributed by atoms with van der Waals surface area (Å²) in [6.45, 7) is -0.0575. The molecule has 3 rings (SSSR count).